The van der Waals surface area contributed by atoms with E-state index in [9.17, 15) is 21.5 Å². The van der Waals surface area contributed by atoms with Crippen LogP contribution >= 0.6 is 0 Å². The summed E-state index contributed by atoms with van der Waals surface area (Å²) in [5, 5.41) is 6.26. The average Bonchev–Trinajstić information content (AvgIpc) is 2.99. The van der Waals surface area contributed by atoms with E-state index < -0.39 is 20.7 Å². The number of benzene rings is 2. The van der Waals surface area contributed by atoms with Gasteiger partial charge in [-0.2, -0.15) is 8.42 Å². The highest BCUT2D eigenvalue weighted by atomic mass is 32.3. The van der Waals surface area contributed by atoms with Crippen LogP contribution < -0.4 is 10.6 Å². The number of carbonyl (C=O) groups excluding carboxylic acids is 1. The maximum absolute atomic E-state index is 14.2. The molecule has 0 saturated carbocycles. The Morgan fingerprint density at radius 3 is 2.75 bits per heavy atom. The highest BCUT2D eigenvalue weighted by Crippen LogP contribution is 2.43. The van der Waals surface area contributed by atoms with Gasteiger partial charge in [-0.05, 0) is 74.7 Å². The SMILES string of the molecule is C=Cc1cc(N[C@@H]2CCCN(C3(C)C(=O)Nc4c(C)cc(F)cc43)C2)ccc1S(=O)(=O)F. The van der Waals surface area contributed by atoms with E-state index >= 15 is 0 Å². The van der Waals surface area contributed by atoms with Crippen LogP contribution in [0.25, 0.3) is 6.08 Å². The Hall–Kier alpha value is -2.78. The predicted molar refractivity (Wildman–Crippen MR) is 120 cm³/mol. The van der Waals surface area contributed by atoms with Crippen molar-refractivity contribution in [3.63, 3.8) is 0 Å². The van der Waals surface area contributed by atoms with Gasteiger partial charge in [0, 0.05) is 29.5 Å². The third-order valence-electron chi connectivity index (χ3n) is 6.42. The lowest BCUT2D eigenvalue weighted by atomic mass is 9.87. The largest absolute Gasteiger partial charge is 0.381 e. The fourth-order valence-electron chi connectivity index (χ4n) is 4.72. The lowest BCUT2D eigenvalue weighted by molar-refractivity contribution is -0.127. The Morgan fingerprint density at radius 2 is 2.06 bits per heavy atom. The van der Waals surface area contributed by atoms with Gasteiger partial charge >= 0.3 is 10.2 Å². The van der Waals surface area contributed by atoms with Crippen LogP contribution in [0.2, 0.25) is 0 Å². The second-order valence-electron chi connectivity index (χ2n) is 8.50. The summed E-state index contributed by atoms with van der Waals surface area (Å²) in [4.78, 5) is 14.6. The van der Waals surface area contributed by atoms with Crippen molar-refractivity contribution in [2.75, 3.05) is 23.7 Å². The number of hydrogen-bond acceptors (Lipinski definition) is 5. The number of rotatable bonds is 5. The van der Waals surface area contributed by atoms with E-state index in [4.69, 9.17) is 0 Å². The van der Waals surface area contributed by atoms with Gasteiger partial charge in [-0.15, -0.1) is 3.89 Å². The normalized spacial score (nSPS) is 23.5. The first-order valence-corrected chi connectivity index (χ1v) is 11.8. The molecule has 1 unspecified atom stereocenters. The van der Waals surface area contributed by atoms with E-state index in [0.717, 1.165) is 12.8 Å². The number of halogens is 2. The van der Waals surface area contributed by atoms with Crippen molar-refractivity contribution in [3.8, 4) is 0 Å². The molecule has 0 spiro atoms. The second kappa shape index (κ2) is 7.97. The zero-order valence-electron chi connectivity index (χ0n) is 17.9. The lowest BCUT2D eigenvalue weighted by Crippen LogP contribution is -2.55. The summed E-state index contributed by atoms with van der Waals surface area (Å²) >= 11 is 0. The molecule has 1 amide bonds. The standard InChI is InChI=1S/C23H25F2N3O3S/c1-4-15-11-17(7-8-20(15)32(25,30)31)26-18-6-5-9-28(13-18)23(3)19-12-16(24)10-14(2)21(19)27-22(23)29/h4,7-8,10-12,18,26H,1,5-6,9,13H2,2-3H3,(H,27,29)/t18-,23?/m1/s1. The fraction of sp³-hybridized carbons (Fsp3) is 0.348. The topological polar surface area (TPSA) is 78.5 Å². The number of piperidine rings is 1. The van der Waals surface area contributed by atoms with Crippen LogP contribution in [0.4, 0.5) is 19.7 Å². The van der Waals surface area contributed by atoms with Crippen LogP contribution in [0, 0.1) is 12.7 Å². The Labute approximate surface area is 186 Å². The van der Waals surface area contributed by atoms with Crippen LogP contribution in [0.1, 0.15) is 36.5 Å². The molecule has 0 radical (unpaired) electrons. The summed E-state index contributed by atoms with van der Waals surface area (Å²) in [6.07, 6.45) is 2.94. The number of anilines is 2. The number of likely N-dealkylation sites (tertiary alicyclic amines) is 1. The molecule has 6 nitrogen and oxygen atoms in total. The quantitative estimate of drug-likeness (QED) is 0.654. The van der Waals surface area contributed by atoms with Crippen LogP contribution in [-0.2, 0) is 20.6 Å². The van der Waals surface area contributed by atoms with Gasteiger partial charge in [-0.25, -0.2) is 4.39 Å². The van der Waals surface area contributed by atoms with Crippen LogP contribution in [0.15, 0.2) is 41.8 Å². The second-order valence-corrected chi connectivity index (χ2v) is 9.81. The summed E-state index contributed by atoms with van der Waals surface area (Å²) < 4.78 is 50.3. The summed E-state index contributed by atoms with van der Waals surface area (Å²) in [5.74, 6) is -0.566. The predicted octanol–water partition coefficient (Wildman–Crippen LogP) is 4.18. The first-order chi connectivity index (χ1) is 15.0. The molecular weight excluding hydrogens is 436 g/mol. The monoisotopic (exact) mass is 461 g/mol. The Kier molecular flexibility index (Phi) is 5.58. The molecule has 0 bridgehead atoms. The molecule has 2 atom stereocenters. The molecule has 4 rings (SSSR count). The van der Waals surface area contributed by atoms with Crippen molar-refractivity contribution in [3.05, 3.63) is 59.4 Å². The number of nitrogens with zero attached hydrogens (tertiary/aromatic N) is 1. The number of nitrogens with one attached hydrogen (secondary N) is 2. The molecule has 2 N–H and O–H groups in total. The van der Waals surface area contributed by atoms with Gasteiger partial charge in [0.25, 0.3) is 0 Å². The molecule has 2 aromatic carbocycles. The highest BCUT2D eigenvalue weighted by molar-refractivity contribution is 7.86. The van der Waals surface area contributed by atoms with Crippen molar-refractivity contribution in [1.29, 1.82) is 0 Å². The van der Waals surface area contributed by atoms with Crippen molar-refractivity contribution in [2.45, 2.75) is 43.2 Å². The highest BCUT2D eigenvalue weighted by Gasteiger charge is 2.49. The molecule has 1 fully saturated rings. The first-order valence-electron chi connectivity index (χ1n) is 10.4. The van der Waals surface area contributed by atoms with E-state index in [-0.39, 0.29) is 23.3 Å². The zero-order chi connectivity index (χ0) is 23.3. The third-order valence-corrected chi connectivity index (χ3v) is 7.32. The summed E-state index contributed by atoms with van der Waals surface area (Å²) in [7, 11) is -4.85. The van der Waals surface area contributed by atoms with Crippen molar-refractivity contribution in [1.82, 2.24) is 4.90 Å². The van der Waals surface area contributed by atoms with Gasteiger partial charge in [0.05, 0.1) is 0 Å². The van der Waals surface area contributed by atoms with Gasteiger partial charge in [-0.3, -0.25) is 9.69 Å². The van der Waals surface area contributed by atoms with E-state index in [1.807, 2.05) is 11.8 Å². The fourth-order valence-corrected chi connectivity index (χ4v) is 5.38. The minimum Gasteiger partial charge on any atom is -0.381 e. The third kappa shape index (κ3) is 3.80. The Morgan fingerprint density at radius 1 is 1.31 bits per heavy atom. The number of carbonyl (C=O) groups is 1. The maximum Gasteiger partial charge on any atom is 0.332 e. The zero-order valence-corrected chi connectivity index (χ0v) is 18.7. The van der Waals surface area contributed by atoms with E-state index in [1.54, 1.807) is 6.92 Å². The molecule has 2 aliphatic heterocycles. The number of fused-ring (bicyclic) bond motifs is 1. The van der Waals surface area contributed by atoms with Crippen LogP contribution in [0.5, 0.6) is 0 Å². The molecule has 9 heteroatoms. The molecule has 0 aromatic heterocycles. The van der Waals surface area contributed by atoms with Gasteiger partial charge < -0.3 is 10.6 Å². The van der Waals surface area contributed by atoms with Crippen molar-refractivity contribution < 1.29 is 21.5 Å². The maximum atomic E-state index is 14.2. The van der Waals surface area contributed by atoms with E-state index in [2.05, 4.69) is 17.2 Å². The summed E-state index contributed by atoms with van der Waals surface area (Å²) in [5.41, 5.74) is 1.78. The number of aryl methyl sites for hydroxylation is 1. The Bertz CT molecular complexity index is 1220. The smallest absolute Gasteiger partial charge is 0.332 e. The van der Waals surface area contributed by atoms with Crippen LogP contribution in [-0.4, -0.2) is 38.4 Å². The first kappa shape index (κ1) is 22.4. The van der Waals surface area contributed by atoms with E-state index in [0.29, 0.717) is 35.6 Å². The molecule has 2 aliphatic rings. The number of amides is 1. The lowest BCUT2D eigenvalue weighted by Gasteiger charge is -2.42. The molecular formula is C23H25F2N3O3S. The average molecular weight is 462 g/mol. The van der Waals surface area contributed by atoms with E-state index in [1.165, 1.54) is 36.4 Å². The molecule has 2 aromatic rings. The summed E-state index contributed by atoms with van der Waals surface area (Å²) in [6, 6.07) is 7.04. The van der Waals surface area contributed by atoms with Crippen molar-refractivity contribution in [2.24, 2.45) is 0 Å². The molecule has 170 valence electrons. The summed E-state index contributed by atoms with van der Waals surface area (Å²) in [6.45, 7) is 8.34. The molecule has 2 heterocycles. The van der Waals surface area contributed by atoms with Gasteiger partial charge in [0.15, 0.2) is 0 Å². The van der Waals surface area contributed by atoms with Gasteiger partial charge in [0.1, 0.15) is 16.3 Å². The minimum absolute atomic E-state index is 0.0439. The minimum atomic E-state index is -4.85. The van der Waals surface area contributed by atoms with Crippen LogP contribution in [0.3, 0.4) is 0 Å². The van der Waals surface area contributed by atoms with Gasteiger partial charge in [0.2, 0.25) is 5.91 Å². The Balaban J connectivity index is 1.59. The van der Waals surface area contributed by atoms with Gasteiger partial charge in [-0.1, -0.05) is 12.7 Å². The number of hydrogen-bond donors (Lipinski definition) is 2. The molecule has 1 saturated heterocycles. The van der Waals surface area contributed by atoms with Crippen molar-refractivity contribution >= 4 is 33.6 Å². The molecule has 0 aliphatic carbocycles. The molecule has 32 heavy (non-hydrogen) atoms.